The van der Waals surface area contributed by atoms with Gasteiger partial charge in [-0.05, 0) is 41.5 Å². The topological polar surface area (TPSA) is 44.0 Å². The van der Waals surface area contributed by atoms with E-state index in [-0.39, 0.29) is 12.2 Å². The second-order valence-corrected chi connectivity index (χ2v) is 7.20. The lowest BCUT2D eigenvalue weighted by molar-refractivity contribution is -0.605. The van der Waals surface area contributed by atoms with Crippen LogP contribution in [0.25, 0.3) is 0 Å². The van der Waals surface area contributed by atoms with Crippen LogP contribution in [0.2, 0.25) is 5.02 Å². The highest BCUT2D eigenvalue weighted by Gasteiger charge is 2.23. The molecule has 3 aromatic rings. The van der Waals surface area contributed by atoms with Crippen LogP contribution in [0.4, 0.5) is 4.39 Å². The highest BCUT2D eigenvalue weighted by Crippen LogP contribution is 2.33. The standard InChI is InChI=1S/C20H14BrClFNO2/c21-15-5-3-13(4-6-15)18(17-8-7-16(22)10-19(17)23)11-20(25)14-2-1-9-24(26)12-14/h1-10,12,18H,11H2. The first-order valence-electron chi connectivity index (χ1n) is 7.86. The van der Waals surface area contributed by atoms with E-state index in [9.17, 15) is 14.4 Å². The molecule has 132 valence electrons. The molecule has 3 nitrogen and oxygen atoms in total. The van der Waals surface area contributed by atoms with Gasteiger partial charge in [-0.1, -0.05) is 45.7 Å². The first-order valence-corrected chi connectivity index (χ1v) is 9.03. The summed E-state index contributed by atoms with van der Waals surface area (Å²) in [4.78, 5) is 12.7. The molecule has 3 rings (SSSR count). The van der Waals surface area contributed by atoms with Gasteiger partial charge in [0, 0.05) is 27.9 Å². The maximum Gasteiger partial charge on any atom is 0.191 e. The predicted octanol–water partition coefficient (Wildman–Crippen LogP) is 5.28. The highest BCUT2D eigenvalue weighted by atomic mass is 79.9. The Kier molecular flexibility index (Phi) is 5.69. The fraction of sp³-hybridized carbons (Fsp3) is 0.100. The quantitative estimate of drug-likeness (QED) is 0.311. The molecule has 2 aromatic carbocycles. The van der Waals surface area contributed by atoms with Crippen molar-refractivity contribution in [2.45, 2.75) is 12.3 Å². The molecule has 0 spiro atoms. The van der Waals surface area contributed by atoms with E-state index >= 15 is 0 Å². The molecule has 0 bridgehead atoms. The van der Waals surface area contributed by atoms with E-state index in [0.717, 1.165) is 10.0 Å². The smallest absolute Gasteiger partial charge is 0.191 e. The minimum atomic E-state index is -0.492. The fourth-order valence-electron chi connectivity index (χ4n) is 2.81. The monoisotopic (exact) mass is 433 g/mol. The van der Waals surface area contributed by atoms with Crippen LogP contribution in [0.1, 0.15) is 33.8 Å². The van der Waals surface area contributed by atoms with Gasteiger partial charge in [-0.3, -0.25) is 4.79 Å². The Bertz CT molecular complexity index is 947. The second-order valence-electron chi connectivity index (χ2n) is 5.85. The Morgan fingerprint density at radius 1 is 1.19 bits per heavy atom. The van der Waals surface area contributed by atoms with Crippen molar-refractivity contribution < 1.29 is 13.9 Å². The van der Waals surface area contributed by atoms with Gasteiger partial charge in [0.1, 0.15) is 5.82 Å². The number of benzene rings is 2. The van der Waals surface area contributed by atoms with Gasteiger partial charge in [-0.25, -0.2) is 4.39 Å². The Hall–Kier alpha value is -2.24. The number of rotatable bonds is 5. The van der Waals surface area contributed by atoms with E-state index < -0.39 is 11.7 Å². The lowest BCUT2D eigenvalue weighted by Gasteiger charge is -2.18. The molecule has 0 N–H and O–H groups in total. The zero-order valence-electron chi connectivity index (χ0n) is 13.5. The van der Waals surface area contributed by atoms with Crippen LogP contribution in [-0.2, 0) is 0 Å². The van der Waals surface area contributed by atoms with Crippen LogP contribution in [0.3, 0.4) is 0 Å². The van der Waals surface area contributed by atoms with E-state index in [1.165, 1.54) is 24.5 Å². The number of hydrogen-bond donors (Lipinski definition) is 0. The molecule has 1 atom stereocenters. The van der Waals surface area contributed by atoms with E-state index in [1.54, 1.807) is 18.2 Å². The first-order chi connectivity index (χ1) is 12.4. The van der Waals surface area contributed by atoms with Crippen molar-refractivity contribution in [1.82, 2.24) is 0 Å². The van der Waals surface area contributed by atoms with E-state index in [2.05, 4.69) is 15.9 Å². The summed E-state index contributed by atoms with van der Waals surface area (Å²) < 4.78 is 16.0. The molecule has 6 heteroatoms. The lowest BCUT2D eigenvalue weighted by Crippen LogP contribution is -2.26. The molecule has 0 amide bonds. The lowest BCUT2D eigenvalue weighted by atomic mass is 9.85. The van der Waals surface area contributed by atoms with Crippen molar-refractivity contribution in [2.24, 2.45) is 0 Å². The maximum absolute atomic E-state index is 14.5. The summed E-state index contributed by atoms with van der Waals surface area (Å²) in [5.74, 6) is -1.20. The van der Waals surface area contributed by atoms with Crippen LogP contribution in [0.15, 0.2) is 71.5 Å². The fourth-order valence-corrected chi connectivity index (χ4v) is 3.23. The SMILES string of the molecule is O=C(CC(c1ccc(Br)cc1)c1ccc(Cl)cc1F)c1ccc[n+]([O-])c1. The third-order valence-corrected chi connectivity index (χ3v) is 4.86. The van der Waals surface area contributed by atoms with Crippen molar-refractivity contribution in [3.63, 3.8) is 0 Å². The summed E-state index contributed by atoms with van der Waals surface area (Å²) in [6, 6.07) is 14.9. The van der Waals surface area contributed by atoms with Crippen molar-refractivity contribution >= 4 is 33.3 Å². The van der Waals surface area contributed by atoms with Gasteiger partial charge >= 0.3 is 0 Å². The molecule has 0 aliphatic carbocycles. The molecule has 0 saturated carbocycles. The first kappa shape index (κ1) is 18.5. The molecular weight excluding hydrogens is 421 g/mol. The number of carbonyl (C=O) groups excluding carboxylic acids is 1. The third kappa shape index (κ3) is 4.29. The summed E-state index contributed by atoms with van der Waals surface area (Å²) in [5, 5.41) is 11.7. The van der Waals surface area contributed by atoms with Crippen molar-refractivity contribution in [2.75, 3.05) is 0 Å². The molecule has 0 saturated heterocycles. The molecule has 0 aliphatic heterocycles. The highest BCUT2D eigenvalue weighted by molar-refractivity contribution is 9.10. The van der Waals surface area contributed by atoms with Crippen molar-refractivity contribution in [3.05, 3.63) is 104 Å². The van der Waals surface area contributed by atoms with Crippen molar-refractivity contribution in [1.29, 1.82) is 0 Å². The number of Topliss-reactive ketones (excluding diaryl/α,β-unsaturated/α-hetero) is 1. The minimum absolute atomic E-state index is 0.0319. The van der Waals surface area contributed by atoms with Gasteiger partial charge in [-0.15, -0.1) is 0 Å². The van der Waals surface area contributed by atoms with Gasteiger partial charge < -0.3 is 5.21 Å². The molecule has 0 radical (unpaired) electrons. The third-order valence-electron chi connectivity index (χ3n) is 4.10. The van der Waals surface area contributed by atoms with Gasteiger partial charge in [-0.2, -0.15) is 4.73 Å². The van der Waals surface area contributed by atoms with Crippen LogP contribution >= 0.6 is 27.5 Å². The maximum atomic E-state index is 14.5. The zero-order valence-corrected chi connectivity index (χ0v) is 15.9. The van der Waals surface area contributed by atoms with E-state index in [1.807, 2.05) is 24.3 Å². The van der Waals surface area contributed by atoms with Crippen LogP contribution < -0.4 is 4.73 Å². The Morgan fingerprint density at radius 2 is 1.92 bits per heavy atom. The van der Waals surface area contributed by atoms with E-state index in [0.29, 0.717) is 20.9 Å². The number of nitrogens with zero attached hydrogens (tertiary/aromatic N) is 1. The number of aromatic nitrogens is 1. The number of pyridine rings is 1. The normalized spacial score (nSPS) is 12.0. The second kappa shape index (κ2) is 7.98. The number of ketones is 1. The molecule has 26 heavy (non-hydrogen) atoms. The number of halogens is 3. The summed E-state index contributed by atoms with van der Waals surface area (Å²) in [5.41, 5.74) is 1.48. The number of hydrogen-bond acceptors (Lipinski definition) is 2. The van der Waals surface area contributed by atoms with Crippen LogP contribution in [0, 0.1) is 11.0 Å². The molecule has 0 fully saturated rings. The zero-order chi connectivity index (χ0) is 18.7. The van der Waals surface area contributed by atoms with Crippen LogP contribution in [0.5, 0.6) is 0 Å². The molecule has 1 aromatic heterocycles. The number of carbonyl (C=O) groups is 1. The largest absolute Gasteiger partial charge is 0.619 e. The molecule has 1 heterocycles. The van der Waals surface area contributed by atoms with E-state index in [4.69, 9.17) is 11.6 Å². The summed E-state index contributed by atoms with van der Waals surface area (Å²) in [6.07, 6.45) is 2.56. The average molecular weight is 435 g/mol. The molecule has 0 aliphatic rings. The Balaban J connectivity index is 2.00. The summed E-state index contributed by atoms with van der Waals surface area (Å²) in [7, 11) is 0. The van der Waals surface area contributed by atoms with Crippen LogP contribution in [-0.4, -0.2) is 5.78 Å². The predicted molar refractivity (Wildman–Crippen MR) is 102 cm³/mol. The average Bonchev–Trinajstić information content (AvgIpc) is 2.61. The Labute approximate surface area is 163 Å². The Morgan fingerprint density at radius 3 is 2.58 bits per heavy atom. The summed E-state index contributed by atoms with van der Waals surface area (Å²) in [6.45, 7) is 0. The van der Waals surface area contributed by atoms with Gasteiger partial charge in [0.15, 0.2) is 18.2 Å². The van der Waals surface area contributed by atoms with Gasteiger partial charge in [0.05, 0.1) is 5.56 Å². The van der Waals surface area contributed by atoms with Gasteiger partial charge in [0.2, 0.25) is 0 Å². The minimum Gasteiger partial charge on any atom is -0.619 e. The molecule has 1 unspecified atom stereocenters. The van der Waals surface area contributed by atoms with Gasteiger partial charge in [0.25, 0.3) is 0 Å². The molecular formula is C20H14BrClFNO2. The summed E-state index contributed by atoms with van der Waals surface area (Å²) >= 11 is 9.23. The van der Waals surface area contributed by atoms with Crippen molar-refractivity contribution in [3.8, 4) is 0 Å².